The first-order valence-corrected chi connectivity index (χ1v) is 13.3. The number of hydrogen-bond donors (Lipinski definition) is 0. The smallest absolute Gasteiger partial charge is 0.330 e. The van der Waals surface area contributed by atoms with E-state index in [-0.39, 0.29) is 24.0 Å². The molecule has 7 nitrogen and oxygen atoms in total. The number of carbonyl (C=O) groups is 2. The molecule has 0 saturated carbocycles. The summed E-state index contributed by atoms with van der Waals surface area (Å²) in [6, 6.07) is 0. The Morgan fingerprint density at radius 3 is 2.23 bits per heavy atom. The lowest BCUT2D eigenvalue weighted by molar-refractivity contribution is -0.145. The van der Waals surface area contributed by atoms with E-state index in [2.05, 4.69) is 33.9 Å². The zero-order valence-corrected chi connectivity index (χ0v) is 20.6. The summed E-state index contributed by atoms with van der Waals surface area (Å²) in [5.74, 6) is -0.940. The summed E-state index contributed by atoms with van der Waals surface area (Å²) in [6.45, 7) is 14.3. The molecule has 1 aliphatic rings. The highest BCUT2D eigenvalue weighted by Crippen LogP contribution is 2.38. The normalized spacial score (nSPS) is 29.5. The van der Waals surface area contributed by atoms with Gasteiger partial charge in [0, 0.05) is 19.3 Å². The van der Waals surface area contributed by atoms with Crippen molar-refractivity contribution in [2.45, 2.75) is 90.0 Å². The highest BCUT2D eigenvalue weighted by molar-refractivity contribution is 6.74. The molecule has 1 heterocycles. The van der Waals surface area contributed by atoms with Gasteiger partial charge in [-0.1, -0.05) is 20.8 Å². The third kappa shape index (κ3) is 9.12. The molecule has 0 spiro atoms. The monoisotopic (exact) mass is 442 g/mol. The number of hydrogen-bond acceptors (Lipinski definition) is 7. The second-order valence-electron chi connectivity index (χ2n) is 9.14. The van der Waals surface area contributed by atoms with Gasteiger partial charge in [0.1, 0.15) is 19.0 Å². The van der Waals surface area contributed by atoms with Crippen LogP contribution in [0.2, 0.25) is 18.1 Å². The number of esters is 2. The standard InChI is InChI=1S/C22H38O7Si/c1-16-9-10-18(26-15-25-6)11-13-21(24)28-17(2)19(12-14-20(23)27-16)29-30(7,8)22(3,4)5/h11-14,16-19H,9-10,15H2,1-8H3/b13-11+,14-12+/t16-,17-,18-,19+/m1/s1. The van der Waals surface area contributed by atoms with Crippen molar-refractivity contribution >= 4 is 20.3 Å². The second-order valence-corrected chi connectivity index (χ2v) is 13.9. The highest BCUT2D eigenvalue weighted by atomic mass is 28.4. The van der Waals surface area contributed by atoms with Crippen LogP contribution in [0.3, 0.4) is 0 Å². The molecular formula is C22H38O7Si. The largest absolute Gasteiger partial charge is 0.460 e. The maximum absolute atomic E-state index is 12.4. The molecule has 0 bridgehead atoms. The number of ether oxygens (including phenoxy) is 4. The SMILES string of the molecule is COCO[C@H]1/C=C/C(=O)O[C@H](C)[C@@H](O[Si](C)(C)C(C)(C)C)/C=C/C(=O)O[C@H](C)CC1. The van der Waals surface area contributed by atoms with E-state index in [1.165, 1.54) is 19.3 Å². The fourth-order valence-corrected chi connectivity index (χ4v) is 3.85. The molecule has 0 aromatic carbocycles. The van der Waals surface area contributed by atoms with E-state index in [9.17, 15) is 9.59 Å². The molecule has 1 aliphatic heterocycles. The van der Waals surface area contributed by atoms with Crippen LogP contribution in [-0.2, 0) is 33.0 Å². The summed E-state index contributed by atoms with van der Waals surface area (Å²) in [5, 5.41) is -0.0372. The summed E-state index contributed by atoms with van der Waals surface area (Å²) < 4.78 is 28.0. The molecular weight excluding hydrogens is 404 g/mol. The lowest BCUT2D eigenvalue weighted by Crippen LogP contribution is -2.46. The van der Waals surface area contributed by atoms with Crippen molar-refractivity contribution in [2.75, 3.05) is 13.9 Å². The molecule has 0 unspecified atom stereocenters. The highest BCUT2D eigenvalue weighted by Gasteiger charge is 2.40. The molecule has 1 rings (SSSR count). The van der Waals surface area contributed by atoms with Crippen LogP contribution in [0.25, 0.3) is 0 Å². The quantitative estimate of drug-likeness (QED) is 0.360. The summed E-state index contributed by atoms with van der Waals surface area (Å²) in [6.07, 6.45) is 5.36. The van der Waals surface area contributed by atoms with Gasteiger partial charge in [-0.3, -0.25) is 0 Å². The van der Waals surface area contributed by atoms with Crippen LogP contribution in [0.1, 0.15) is 47.5 Å². The van der Waals surface area contributed by atoms with Crippen molar-refractivity contribution in [3.05, 3.63) is 24.3 Å². The van der Waals surface area contributed by atoms with Crippen molar-refractivity contribution in [3.8, 4) is 0 Å². The molecule has 30 heavy (non-hydrogen) atoms. The van der Waals surface area contributed by atoms with Gasteiger partial charge in [-0.25, -0.2) is 9.59 Å². The van der Waals surface area contributed by atoms with Gasteiger partial charge in [-0.15, -0.1) is 0 Å². The Hall–Kier alpha value is -1.48. The predicted molar refractivity (Wildman–Crippen MR) is 117 cm³/mol. The zero-order chi connectivity index (χ0) is 22.9. The van der Waals surface area contributed by atoms with E-state index in [1.807, 2.05) is 6.92 Å². The third-order valence-corrected chi connectivity index (χ3v) is 9.92. The number of methoxy groups -OCH3 is 1. The van der Waals surface area contributed by atoms with Gasteiger partial charge in [-0.2, -0.15) is 0 Å². The minimum Gasteiger partial charge on any atom is -0.460 e. The van der Waals surface area contributed by atoms with Crippen LogP contribution in [0, 0.1) is 0 Å². The maximum Gasteiger partial charge on any atom is 0.330 e. The fourth-order valence-electron chi connectivity index (χ4n) is 2.54. The summed E-state index contributed by atoms with van der Waals surface area (Å²) in [7, 11) is -0.643. The predicted octanol–water partition coefficient (Wildman–Crippen LogP) is 4.14. The molecule has 0 aromatic rings. The Labute approximate surface area is 181 Å². The van der Waals surface area contributed by atoms with Crippen molar-refractivity contribution in [2.24, 2.45) is 0 Å². The number of carbonyl (C=O) groups excluding carboxylic acids is 2. The van der Waals surface area contributed by atoms with Crippen LogP contribution >= 0.6 is 0 Å². The van der Waals surface area contributed by atoms with E-state index in [0.717, 1.165) is 0 Å². The van der Waals surface area contributed by atoms with E-state index in [1.54, 1.807) is 19.1 Å². The minimum atomic E-state index is -2.17. The topological polar surface area (TPSA) is 80.3 Å². The molecule has 0 N–H and O–H groups in total. The lowest BCUT2D eigenvalue weighted by Gasteiger charge is -2.39. The number of rotatable bonds is 5. The molecule has 0 saturated heterocycles. The average molecular weight is 443 g/mol. The average Bonchev–Trinajstić information content (AvgIpc) is 2.62. The van der Waals surface area contributed by atoms with Crippen molar-refractivity contribution in [3.63, 3.8) is 0 Å². The second kappa shape index (κ2) is 11.8. The van der Waals surface area contributed by atoms with Crippen LogP contribution in [0.5, 0.6) is 0 Å². The van der Waals surface area contributed by atoms with Gasteiger partial charge in [0.2, 0.25) is 0 Å². The van der Waals surface area contributed by atoms with Gasteiger partial charge in [0.25, 0.3) is 0 Å². The van der Waals surface area contributed by atoms with Crippen LogP contribution in [0.15, 0.2) is 24.3 Å². The first-order valence-electron chi connectivity index (χ1n) is 10.4. The Morgan fingerprint density at radius 2 is 1.63 bits per heavy atom. The Balaban J connectivity index is 3.09. The van der Waals surface area contributed by atoms with Gasteiger partial charge in [-0.05, 0) is 57.0 Å². The van der Waals surface area contributed by atoms with Crippen LogP contribution < -0.4 is 0 Å². The van der Waals surface area contributed by atoms with Crippen molar-refractivity contribution in [1.82, 2.24) is 0 Å². The first-order chi connectivity index (χ1) is 13.9. The van der Waals surface area contributed by atoms with Crippen LogP contribution in [-0.4, -0.2) is 58.6 Å². The molecule has 8 heteroatoms. The van der Waals surface area contributed by atoms with E-state index in [0.29, 0.717) is 12.8 Å². The first kappa shape index (κ1) is 26.6. The molecule has 0 aliphatic carbocycles. The third-order valence-electron chi connectivity index (χ3n) is 5.45. The Kier molecular flexibility index (Phi) is 10.4. The van der Waals surface area contributed by atoms with Gasteiger partial charge >= 0.3 is 11.9 Å². The molecule has 0 radical (unpaired) electrons. The number of cyclic esters (lactones) is 2. The molecule has 0 fully saturated rings. The fraction of sp³-hybridized carbons (Fsp3) is 0.727. The lowest BCUT2D eigenvalue weighted by atomic mass is 10.1. The summed E-state index contributed by atoms with van der Waals surface area (Å²) in [4.78, 5) is 24.6. The maximum atomic E-state index is 12.4. The summed E-state index contributed by atoms with van der Waals surface area (Å²) >= 11 is 0. The molecule has 0 aromatic heterocycles. The van der Waals surface area contributed by atoms with Gasteiger partial charge in [0.15, 0.2) is 8.32 Å². The Morgan fingerprint density at radius 1 is 1.03 bits per heavy atom. The van der Waals surface area contributed by atoms with Gasteiger partial charge in [0.05, 0.1) is 12.2 Å². The summed E-state index contributed by atoms with van der Waals surface area (Å²) in [5.41, 5.74) is 0. The van der Waals surface area contributed by atoms with Crippen molar-refractivity contribution in [1.29, 1.82) is 0 Å². The van der Waals surface area contributed by atoms with E-state index < -0.39 is 32.5 Å². The van der Waals surface area contributed by atoms with Crippen LogP contribution in [0.4, 0.5) is 0 Å². The molecule has 0 amide bonds. The Bertz CT molecular complexity index is 621. The van der Waals surface area contributed by atoms with Gasteiger partial charge < -0.3 is 23.4 Å². The molecule has 4 atom stereocenters. The van der Waals surface area contributed by atoms with Crippen molar-refractivity contribution < 1.29 is 33.0 Å². The van der Waals surface area contributed by atoms with E-state index in [4.69, 9.17) is 23.4 Å². The molecule has 172 valence electrons. The minimum absolute atomic E-state index is 0.0372. The zero-order valence-electron chi connectivity index (χ0n) is 19.6. The van der Waals surface area contributed by atoms with E-state index >= 15 is 0 Å².